The molecule has 0 aromatic heterocycles. The Bertz CT molecular complexity index is 571. The van der Waals surface area contributed by atoms with Gasteiger partial charge in [-0.2, -0.15) is 0 Å². The molecule has 0 radical (unpaired) electrons. The van der Waals surface area contributed by atoms with E-state index in [2.05, 4.69) is 16.0 Å². The third kappa shape index (κ3) is 5.42. The second-order valence-corrected chi connectivity index (χ2v) is 5.94. The van der Waals surface area contributed by atoms with Crippen LogP contribution >= 0.6 is 0 Å². The first-order valence-corrected chi connectivity index (χ1v) is 8.38. The zero-order valence-corrected chi connectivity index (χ0v) is 14.1. The number of nitrogens with two attached hydrogens (primary N) is 1. The van der Waals surface area contributed by atoms with E-state index in [-0.39, 0.29) is 30.9 Å². The van der Waals surface area contributed by atoms with Crippen LogP contribution in [0.15, 0.2) is 18.2 Å². The molecule has 1 saturated carbocycles. The minimum atomic E-state index is -0.230. The van der Waals surface area contributed by atoms with Crippen LogP contribution in [0.4, 0.5) is 16.2 Å². The van der Waals surface area contributed by atoms with Crippen molar-refractivity contribution in [2.45, 2.75) is 44.6 Å². The Balaban J connectivity index is 1.98. The maximum Gasteiger partial charge on any atom is 0.319 e. The number of carbonyl (C=O) groups is 2. The second-order valence-electron chi connectivity index (χ2n) is 5.94. The van der Waals surface area contributed by atoms with Gasteiger partial charge in [0.2, 0.25) is 5.91 Å². The summed E-state index contributed by atoms with van der Waals surface area (Å²) in [5.74, 6) is 0.332. The van der Waals surface area contributed by atoms with E-state index in [9.17, 15) is 9.59 Å². The number of rotatable bonds is 6. The van der Waals surface area contributed by atoms with Gasteiger partial charge in [-0.3, -0.25) is 4.79 Å². The molecular weight excluding hydrogens is 308 g/mol. The lowest BCUT2D eigenvalue weighted by molar-refractivity contribution is -0.116. The highest BCUT2D eigenvalue weighted by Gasteiger charge is 2.16. The van der Waals surface area contributed by atoms with Gasteiger partial charge < -0.3 is 26.4 Å². The van der Waals surface area contributed by atoms with Gasteiger partial charge in [-0.05, 0) is 31.0 Å². The Morgan fingerprint density at radius 3 is 2.62 bits per heavy atom. The van der Waals surface area contributed by atoms with E-state index in [0.29, 0.717) is 17.1 Å². The van der Waals surface area contributed by atoms with E-state index in [1.165, 1.54) is 13.5 Å². The fourth-order valence-electron chi connectivity index (χ4n) is 2.83. The number of amides is 3. The average molecular weight is 334 g/mol. The van der Waals surface area contributed by atoms with Gasteiger partial charge >= 0.3 is 6.03 Å². The minimum Gasteiger partial charge on any atom is -0.495 e. The van der Waals surface area contributed by atoms with Gasteiger partial charge in [0, 0.05) is 24.7 Å². The Labute approximate surface area is 142 Å². The molecule has 7 nitrogen and oxygen atoms in total. The Morgan fingerprint density at radius 2 is 1.96 bits per heavy atom. The molecule has 1 aliphatic rings. The molecule has 0 atom stereocenters. The minimum absolute atomic E-state index is 0.195. The summed E-state index contributed by atoms with van der Waals surface area (Å²) in [6, 6.07) is 5.12. The van der Waals surface area contributed by atoms with Gasteiger partial charge in [0.05, 0.1) is 12.8 Å². The van der Waals surface area contributed by atoms with Crippen molar-refractivity contribution >= 4 is 23.3 Å². The van der Waals surface area contributed by atoms with Crippen LogP contribution in [0.5, 0.6) is 5.75 Å². The number of ether oxygens (including phenoxy) is 1. The van der Waals surface area contributed by atoms with Crippen LogP contribution in [-0.4, -0.2) is 31.6 Å². The maximum atomic E-state index is 12.1. The molecule has 1 aromatic carbocycles. The van der Waals surface area contributed by atoms with Gasteiger partial charge in [0.15, 0.2) is 0 Å². The summed E-state index contributed by atoms with van der Waals surface area (Å²) >= 11 is 0. The van der Waals surface area contributed by atoms with Crippen molar-refractivity contribution in [3.8, 4) is 5.75 Å². The van der Waals surface area contributed by atoms with Crippen LogP contribution in [0, 0.1) is 0 Å². The smallest absolute Gasteiger partial charge is 0.319 e. The van der Waals surface area contributed by atoms with Gasteiger partial charge in [-0.15, -0.1) is 0 Å². The van der Waals surface area contributed by atoms with E-state index < -0.39 is 0 Å². The fraction of sp³-hybridized carbons (Fsp3) is 0.529. The Hall–Kier alpha value is -2.28. The monoisotopic (exact) mass is 334 g/mol. The number of nitrogens with one attached hydrogen (secondary N) is 3. The third-order valence-corrected chi connectivity index (χ3v) is 4.04. The van der Waals surface area contributed by atoms with Crippen molar-refractivity contribution in [1.82, 2.24) is 5.32 Å². The Morgan fingerprint density at radius 1 is 1.21 bits per heavy atom. The molecule has 0 spiro atoms. The topological polar surface area (TPSA) is 105 Å². The predicted molar refractivity (Wildman–Crippen MR) is 94.3 cm³/mol. The largest absolute Gasteiger partial charge is 0.495 e. The average Bonchev–Trinajstić information content (AvgIpc) is 2.56. The lowest BCUT2D eigenvalue weighted by atomic mass is 9.96. The van der Waals surface area contributed by atoms with E-state index in [1.807, 2.05) is 0 Å². The highest BCUT2D eigenvalue weighted by molar-refractivity contribution is 5.95. The molecule has 0 unspecified atom stereocenters. The second kappa shape index (κ2) is 9.12. The van der Waals surface area contributed by atoms with Gasteiger partial charge in [-0.25, -0.2) is 4.79 Å². The molecule has 5 N–H and O–H groups in total. The summed E-state index contributed by atoms with van der Waals surface area (Å²) < 4.78 is 5.23. The molecule has 1 aliphatic carbocycles. The van der Waals surface area contributed by atoms with Crippen LogP contribution in [0.1, 0.15) is 38.5 Å². The highest BCUT2D eigenvalue weighted by atomic mass is 16.5. The number of hydrogen-bond donors (Lipinski definition) is 4. The molecule has 2 rings (SSSR count). The fourth-order valence-corrected chi connectivity index (χ4v) is 2.83. The number of hydrogen-bond acceptors (Lipinski definition) is 4. The first kappa shape index (κ1) is 18.1. The molecule has 1 fully saturated rings. The predicted octanol–water partition coefficient (Wildman–Crippen LogP) is 2.44. The summed E-state index contributed by atoms with van der Waals surface area (Å²) in [6.07, 6.45) is 5.83. The molecule has 24 heavy (non-hydrogen) atoms. The van der Waals surface area contributed by atoms with Crippen molar-refractivity contribution in [1.29, 1.82) is 0 Å². The van der Waals surface area contributed by atoms with Crippen molar-refractivity contribution < 1.29 is 14.3 Å². The number of urea groups is 1. The van der Waals surface area contributed by atoms with E-state index in [0.717, 1.165) is 25.7 Å². The molecule has 7 heteroatoms. The standard InChI is InChI=1S/C17H26N4O3/c1-24-15-8-7-13(11-14(15)21-16(22)9-10-18)20-17(23)19-12-5-3-2-4-6-12/h7-8,11-12H,2-6,9-10,18H2,1H3,(H,21,22)(H2,19,20,23). The van der Waals surface area contributed by atoms with Gasteiger partial charge in [0.1, 0.15) is 5.75 Å². The van der Waals surface area contributed by atoms with E-state index in [4.69, 9.17) is 10.5 Å². The molecule has 3 amide bonds. The van der Waals surface area contributed by atoms with E-state index in [1.54, 1.807) is 18.2 Å². The van der Waals surface area contributed by atoms with Crippen LogP contribution in [0.3, 0.4) is 0 Å². The van der Waals surface area contributed by atoms with Gasteiger partial charge in [0.25, 0.3) is 0 Å². The lowest BCUT2D eigenvalue weighted by Gasteiger charge is -2.23. The highest BCUT2D eigenvalue weighted by Crippen LogP contribution is 2.28. The van der Waals surface area contributed by atoms with Crippen molar-refractivity contribution in [3.05, 3.63) is 18.2 Å². The SMILES string of the molecule is COc1ccc(NC(=O)NC2CCCCC2)cc1NC(=O)CCN. The molecule has 0 heterocycles. The summed E-state index contributed by atoms with van der Waals surface area (Å²) in [5.41, 5.74) is 6.48. The molecule has 0 bridgehead atoms. The summed E-state index contributed by atoms with van der Waals surface area (Å²) in [4.78, 5) is 23.8. The quantitative estimate of drug-likeness (QED) is 0.641. The van der Waals surface area contributed by atoms with E-state index >= 15 is 0 Å². The van der Waals surface area contributed by atoms with Crippen molar-refractivity contribution in [2.24, 2.45) is 5.73 Å². The van der Waals surface area contributed by atoms with Gasteiger partial charge in [-0.1, -0.05) is 19.3 Å². The zero-order chi connectivity index (χ0) is 17.4. The molecular formula is C17H26N4O3. The number of methoxy groups -OCH3 is 1. The zero-order valence-electron chi connectivity index (χ0n) is 14.1. The van der Waals surface area contributed by atoms with Crippen LogP contribution in [0.25, 0.3) is 0 Å². The summed E-state index contributed by atoms with van der Waals surface area (Å²) in [5, 5.41) is 8.54. The van der Waals surface area contributed by atoms with Crippen LogP contribution < -0.4 is 26.4 Å². The van der Waals surface area contributed by atoms with Crippen molar-refractivity contribution in [3.63, 3.8) is 0 Å². The number of carbonyl (C=O) groups excluding carboxylic acids is 2. The van der Waals surface area contributed by atoms with Crippen molar-refractivity contribution in [2.75, 3.05) is 24.3 Å². The maximum absolute atomic E-state index is 12.1. The third-order valence-electron chi connectivity index (χ3n) is 4.04. The Kier molecular flexibility index (Phi) is 6.87. The first-order valence-electron chi connectivity index (χ1n) is 8.38. The summed E-state index contributed by atoms with van der Waals surface area (Å²) in [7, 11) is 1.52. The lowest BCUT2D eigenvalue weighted by Crippen LogP contribution is -2.39. The summed E-state index contributed by atoms with van der Waals surface area (Å²) in [6.45, 7) is 0.274. The molecule has 1 aromatic rings. The number of benzene rings is 1. The number of anilines is 2. The first-order chi connectivity index (χ1) is 11.6. The van der Waals surface area contributed by atoms with Crippen LogP contribution in [-0.2, 0) is 4.79 Å². The van der Waals surface area contributed by atoms with Crippen LogP contribution in [0.2, 0.25) is 0 Å². The molecule has 132 valence electrons. The molecule has 0 saturated heterocycles. The molecule has 0 aliphatic heterocycles. The normalized spacial score (nSPS) is 14.8.